The molecule has 8 rings (SSSR count). The highest BCUT2D eigenvalue weighted by molar-refractivity contribution is 6.20. The van der Waals surface area contributed by atoms with Crippen LogP contribution in [0.1, 0.15) is 109 Å². The lowest BCUT2D eigenvalue weighted by Gasteiger charge is -2.29. The molecule has 4 heterocycles. The molecule has 0 unspecified atom stereocenters. The lowest BCUT2D eigenvalue weighted by atomic mass is 9.80. The second kappa shape index (κ2) is 9.33. The molecular weight excluding hydrogens is 492 g/mol. The van der Waals surface area contributed by atoms with Crippen LogP contribution in [0, 0.1) is 0 Å². The number of amides is 2. The van der Waals surface area contributed by atoms with Gasteiger partial charge in [-0.2, -0.15) is 0 Å². The number of rotatable bonds is 2. The zero-order chi connectivity index (χ0) is 26.8. The van der Waals surface area contributed by atoms with Crippen LogP contribution in [0.5, 0.6) is 0 Å². The molecule has 200 valence electrons. The molecule has 0 saturated heterocycles. The third-order valence-corrected chi connectivity index (χ3v) is 9.94. The molecule has 0 spiro atoms. The molecule has 40 heavy (non-hydrogen) atoms. The van der Waals surface area contributed by atoms with Gasteiger partial charge in [0, 0.05) is 23.5 Å². The van der Waals surface area contributed by atoms with Crippen molar-refractivity contribution in [3.05, 3.63) is 105 Å². The molecule has 0 atom stereocenters. The molecule has 2 aliphatic carbocycles. The van der Waals surface area contributed by atoms with Crippen LogP contribution in [0.3, 0.4) is 0 Å². The quantitative estimate of drug-likeness (QED) is 0.371. The Hall–Kier alpha value is -3.92. The summed E-state index contributed by atoms with van der Waals surface area (Å²) in [5.74, 6) is 0.822. The number of hydrogen-bond donors (Lipinski definition) is 0. The highest BCUT2D eigenvalue weighted by atomic mass is 16.2. The van der Waals surface area contributed by atoms with Gasteiger partial charge in [-0.25, -0.2) is 0 Å². The molecule has 4 aliphatic heterocycles. The van der Waals surface area contributed by atoms with Crippen molar-refractivity contribution in [2.24, 2.45) is 0 Å². The smallest absolute Gasteiger partial charge is 0.263 e. The lowest BCUT2D eigenvalue weighted by Crippen LogP contribution is -2.26. The van der Waals surface area contributed by atoms with Crippen molar-refractivity contribution in [1.82, 2.24) is 9.80 Å². The van der Waals surface area contributed by atoms with Gasteiger partial charge < -0.3 is 0 Å². The molecule has 0 bridgehead atoms. The van der Waals surface area contributed by atoms with E-state index in [9.17, 15) is 9.59 Å². The van der Waals surface area contributed by atoms with Gasteiger partial charge in [-0.1, -0.05) is 74.9 Å². The Morgan fingerprint density at radius 1 is 0.550 bits per heavy atom. The van der Waals surface area contributed by atoms with Crippen LogP contribution in [-0.4, -0.2) is 21.6 Å². The van der Waals surface area contributed by atoms with Gasteiger partial charge in [0.25, 0.3) is 11.8 Å². The van der Waals surface area contributed by atoms with Crippen molar-refractivity contribution in [3.8, 4) is 0 Å². The fourth-order valence-electron chi connectivity index (χ4n) is 7.95. The minimum absolute atomic E-state index is 0.111. The normalized spacial score (nSPS) is 24.1. The van der Waals surface area contributed by atoms with Crippen molar-refractivity contribution in [2.75, 3.05) is 0 Å². The van der Waals surface area contributed by atoms with Crippen LogP contribution in [0.25, 0.3) is 23.5 Å². The Balaban J connectivity index is 1.25. The molecule has 0 aromatic heterocycles. The number of carbonyl (C=O) groups is 2. The molecule has 2 saturated carbocycles. The maximum Gasteiger partial charge on any atom is 0.263 e. The van der Waals surface area contributed by atoms with Crippen molar-refractivity contribution < 1.29 is 9.59 Å². The van der Waals surface area contributed by atoms with E-state index >= 15 is 0 Å². The minimum atomic E-state index is -0.111. The summed E-state index contributed by atoms with van der Waals surface area (Å²) in [6.07, 6.45) is 24.3. The second-order valence-electron chi connectivity index (χ2n) is 12.2. The maximum absolute atomic E-state index is 13.9. The average molecular weight is 527 g/mol. The van der Waals surface area contributed by atoms with E-state index in [2.05, 4.69) is 48.6 Å². The van der Waals surface area contributed by atoms with Crippen LogP contribution in [0.15, 0.2) is 72.1 Å². The Labute approximate surface area is 236 Å². The first-order chi connectivity index (χ1) is 19.7. The van der Waals surface area contributed by atoms with Crippen LogP contribution >= 0.6 is 0 Å². The summed E-state index contributed by atoms with van der Waals surface area (Å²) in [5.41, 5.74) is 10.2. The fraction of sp³-hybridized carbons (Fsp3) is 0.333. The highest BCUT2D eigenvalue weighted by Crippen LogP contribution is 2.47. The summed E-state index contributed by atoms with van der Waals surface area (Å²) in [6.45, 7) is 0. The average Bonchev–Trinajstić information content (AvgIpc) is 3.53. The number of hydrogen-bond acceptors (Lipinski definition) is 2. The zero-order valence-corrected chi connectivity index (χ0v) is 22.9. The summed E-state index contributed by atoms with van der Waals surface area (Å²) < 4.78 is 0. The fourth-order valence-corrected chi connectivity index (χ4v) is 7.95. The predicted octanol–water partition coefficient (Wildman–Crippen LogP) is 8.11. The second-order valence-corrected chi connectivity index (χ2v) is 12.2. The predicted molar refractivity (Wildman–Crippen MR) is 159 cm³/mol. The summed E-state index contributed by atoms with van der Waals surface area (Å²) in [6, 6.07) is 13.1. The molecular formula is C36H34N2O2. The Kier molecular flexibility index (Phi) is 5.58. The minimum Gasteiger partial charge on any atom is -0.283 e. The molecule has 4 heteroatoms. The molecule has 4 nitrogen and oxygen atoms in total. The number of fused-ring (bicyclic) bond motifs is 6. The maximum atomic E-state index is 13.9. The summed E-state index contributed by atoms with van der Waals surface area (Å²) in [5, 5.41) is 0. The lowest BCUT2D eigenvalue weighted by molar-refractivity contribution is -0.123. The van der Waals surface area contributed by atoms with Crippen molar-refractivity contribution in [3.63, 3.8) is 0 Å². The van der Waals surface area contributed by atoms with Gasteiger partial charge in [0.05, 0.1) is 22.5 Å². The molecule has 0 N–H and O–H groups in total. The van der Waals surface area contributed by atoms with Crippen molar-refractivity contribution in [2.45, 2.75) is 76.0 Å². The van der Waals surface area contributed by atoms with Gasteiger partial charge in [-0.05, 0) is 84.1 Å². The van der Waals surface area contributed by atoms with Crippen LogP contribution in [-0.2, 0) is 9.59 Å². The van der Waals surface area contributed by atoms with Gasteiger partial charge >= 0.3 is 0 Å². The standard InChI is InChI=1S/C36H34N2O2/c39-35-29(21-31-33-25(17-19-37(31)35)13-7-15-27(33)23-9-3-1-4-10-23)30-22-32-34-26(18-20-38(32)36(30)40)14-8-16-28(34)24-11-5-2-6-12-24/h7-8,13-24H,1-6,9-12H2/b30-29+. The third-order valence-electron chi connectivity index (χ3n) is 9.94. The van der Waals surface area contributed by atoms with E-state index in [1.807, 2.05) is 24.6 Å². The Morgan fingerprint density at radius 3 is 1.40 bits per heavy atom. The van der Waals surface area contributed by atoms with Crippen LogP contribution in [0.2, 0.25) is 0 Å². The molecule has 6 aliphatic rings. The van der Waals surface area contributed by atoms with Gasteiger partial charge in [0.1, 0.15) is 0 Å². The van der Waals surface area contributed by atoms with Crippen molar-refractivity contribution >= 4 is 35.4 Å². The highest BCUT2D eigenvalue weighted by Gasteiger charge is 2.40. The molecule has 2 fully saturated rings. The van der Waals surface area contributed by atoms with Gasteiger partial charge in [0.15, 0.2) is 0 Å². The summed E-state index contributed by atoms with van der Waals surface area (Å²) in [7, 11) is 0. The van der Waals surface area contributed by atoms with E-state index in [0.29, 0.717) is 23.0 Å². The zero-order valence-electron chi connectivity index (χ0n) is 22.9. The van der Waals surface area contributed by atoms with E-state index in [1.54, 1.807) is 9.80 Å². The Morgan fingerprint density at radius 2 is 0.975 bits per heavy atom. The molecule has 2 amide bonds. The van der Waals surface area contributed by atoms with Crippen molar-refractivity contribution in [1.29, 1.82) is 0 Å². The number of benzene rings is 2. The monoisotopic (exact) mass is 526 g/mol. The molecule has 2 aromatic carbocycles. The summed E-state index contributed by atoms with van der Waals surface area (Å²) >= 11 is 0. The Bertz CT molecular complexity index is 1490. The van der Waals surface area contributed by atoms with Crippen LogP contribution < -0.4 is 0 Å². The SMILES string of the molecule is O=C1/C(=C2\C=C3c4c(cccc4C4CCCCC4)C=CN3C2=O)C=C2c3c(cccc3C3CCCCC3)C=CN12. The number of nitrogens with zero attached hydrogens (tertiary/aromatic N) is 2. The van der Waals surface area contributed by atoms with Crippen LogP contribution in [0.4, 0.5) is 0 Å². The van der Waals surface area contributed by atoms with Gasteiger partial charge in [0.2, 0.25) is 0 Å². The molecule has 2 aromatic rings. The van der Waals surface area contributed by atoms with E-state index in [-0.39, 0.29) is 11.8 Å². The first kappa shape index (κ1) is 23.9. The largest absolute Gasteiger partial charge is 0.283 e. The number of carbonyl (C=O) groups excluding carboxylic acids is 2. The molecule has 0 radical (unpaired) electrons. The first-order valence-corrected chi connectivity index (χ1v) is 15.2. The van der Waals surface area contributed by atoms with E-state index in [4.69, 9.17) is 0 Å². The topological polar surface area (TPSA) is 40.6 Å². The summed E-state index contributed by atoms with van der Waals surface area (Å²) in [4.78, 5) is 31.3. The van der Waals surface area contributed by atoms with E-state index in [1.165, 1.54) is 86.5 Å². The third kappa shape index (κ3) is 3.58. The first-order valence-electron chi connectivity index (χ1n) is 15.2. The van der Waals surface area contributed by atoms with E-state index in [0.717, 1.165) is 22.5 Å². The van der Waals surface area contributed by atoms with E-state index < -0.39 is 0 Å². The van der Waals surface area contributed by atoms with Gasteiger partial charge in [-0.15, -0.1) is 0 Å². The van der Waals surface area contributed by atoms with Gasteiger partial charge in [-0.3, -0.25) is 19.4 Å².